The molecule has 4 heteroatoms. The fourth-order valence-electron chi connectivity index (χ4n) is 3.07. The molecule has 1 rings (SSSR count). The van der Waals surface area contributed by atoms with Crippen LogP contribution in [-0.4, -0.2) is 60.5 Å². The topological polar surface area (TPSA) is 44.7 Å². The minimum atomic E-state index is -0.182. The fourth-order valence-corrected chi connectivity index (χ4v) is 3.07. The summed E-state index contributed by atoms with van der Waals surface area (Å²) in [4.78, 5) is 2.47. The van der Waals surface area contributed by atoms with Crippen molar-refractivity contribution in [2.75, 3.05) is 32.8 Å². The molecular weight excluding hydrogens is 240 g/mol. The van der Waals surface area contributed by atoms with E-state index in [0.29, 0.717) is 12.1 Å². The van der Waals surface area contributed by atoms with Crippen molar-refractivity contribution in [1.29, 1.82) is 0 Å². The lowest BCUT2D eigenvalue weighted by Gasteiger charge is -2.37. The minimum absolute atomic E-state index is 0.182. The first kappa shape index (κ1) is 16.9. The Labute approximate surface area is 118 Å². The van der Waals surface area contributed by atoms with Gasteiger partial charge in [0.1, 0.15) is 0 Å². The van der Waals surface area contributed by atoms with Crippen molar-refractivity contribution in [3.05, 3.63) is 0 Å². The van der Waals surface area contributed by atoms with Crippen molar-refractivity contribution < 1.29 is 9.84 Å². The first-order chi connectivity index (χ1) is 9.04. The number of rotatable bonds is 9. The smallest absolute Gasteiger partial charge is 0.0702 e. The van der Waals surface area contributed by atoms with Gasteiger partial charge in [0.15, 0.2) is 0 Å². The molecule has 3 unspecified atom stereocenters. The van der Waals surface area contributed by atoms with Crippen LogP contribution < -0.4 is 5.32 Å². The standard InChI is InChI=1S/C15H32N2O2/c1-5-16-15(4,12-18)10-13(3)17(6-2)11-14-8-7-9-19-14/h13-14,16,18H,5-12H2,1-4H3. The highest BCUT2D eigenvalue weighted by Crippen LogP contribution is 2.19. The first-order valence-electron chi connectivity index (χ1n) is 7.76. The normalized spacial score (nSPS) is 24.6. The molecule has 0 radical (unpaired) electrons. The van der Waals surface area contributed by atoms with Crippen LogP contribution in [0.15, 0.2) is 0 Å². The molecule has 1 saturated heterocycles. The minimum Gasteiger partial charge on any atom is -0.394 e. The van der Waals surface area contributed by atoms with Crippen molar-refractivity contribution in [1.82, 2.24) is 10.2 Å². The van der Waals surface area contributed by atoms with Gasteiger partial charge in [0, 0.05) is 24.7 Å². The summed E-state index contributed by atoms with van der Waals surface area (Å²) in [6.07, 6.45) is 3.75. The number of likely N-dealkylation sites (N-methyl/N-ethyl adjacent to an activating group) is 2. The van der Waals surface area contributed by atoms with Gasteiger partial charge < -0.3 is 15.2 Å². The van der Waals surface area contributed by atoms with E-state index in [9.17, 15) is 5.11 Å². The molecule has 0 aliphatic carbocycles. The number of nitrogens with one attached hydrogen (secondary N) is 1. The van der Waals surface area contributed by atoms with Gasteiger partial charge >= 0.3 is 0 Å². The van der Waals surface area contributed by atoms with Crippen LogP contribution in [0.4, 0.5) is 0 Å². The van der Waals surface area contributed by atoms with Crippen molar-refractivity contribution in [2.45, 2.75) is 64.6 Å². The Morgan fingerprint density at radius 2 is 2.21 bits per heavy atom. The Bertz CT molecular complexity index is 244. The largest absolute Gasteiger partial charge is 0.394 e. The van der Waals surface area contributed by atoms with E-state index in [1.54, 1.807) is 0 Å². The Balaban J connectivity index is 2.49. The van der Waals surface area contributed by atoms with Crippen molar-refractivity contribution in [3.8, 4) is 0 Å². The zero-order valence-electron chi connectivity index (χ0n) is 13.1. The molecule has 114 valence electrons. The molecule has 0 aromatic heterocycles. The summed E-state index contributed by atoms with van der Waals surface area (Å²) >= 11 is 0. The van der Waals surface area contributed by atoms with Gasteiger partial charge in [0.25, 0.3) is 0 Å². The third-order valence-electron chi connectivity index (χ3n) is 4.19. The summed E-state index contributed by atoms with van der Waals surface area (Å²) in [5, 5.41) is 13.0. The number of hydrogen-bond acceptors (Lipinski definition) is 4. The fraction of sp³-hybridized carbons (Fsp3) is 1.00. The zero-order valence-corrected chi connectivity index (χ0v) is 13.1. The SMILES string of the molecule is CCNC(C)(CO)CC(C)N(CC)CC1CCCO1. The average molecular weight is 272 g/mol. The monoisotopic (exact) mass is 272 g/mol. The predicted octanol–water partition coefficient (Wildman–Crippen LogP) is 1.63. The molecule has 1 aliphatic rings. The van der Waals surface area contributed by atoms with Gasteiger partial charge in [-0.1, -0.05) is 13.8 Å². The quantitative estimate of drug-likeness (QED) is 0.669. The van der Waals surface area contributed by atoms with Gasteiger partial charge in [-0.15, -0.1) is 0 Å². The molecule has 2 N–H and O–H groups in total. The lowest BCUT2D eigenvalue weighted by molar-refractivity contribution is 0.0496. The second-order valence-electron chi connectivity index (χ2n) is 6.02. The third kappa shape index (κ3) is 5.38. The van der Waals surface area contributed by atoms with Crippen LogP contribution in [-0.2, 0) is 4.74 Å². The molecule has 1 fully saturated rings. The van der Waals surface area contributed by atoms with Crippen LogP contribution in [0, 0.1) is 0 Å². The molecule has 0 spiro atoms. The van der Waals surface area contributed by atoms with Crippen LogP contribution >= 0.6 is 0 Å². The molecule has 0 aromatic carbocycles. The Morgan fingerprint density at radius 3 is 2.68 bits per heavy atom. The van der Waals surface area contributed by atoms with Crippen molar-refractivity contribution >= 4 is 0 Å². The van der Waals surface area contributed by atoms with Gasteiger partial charge in [0.2, 0.25) is 0 Å². The molecule has 1 heterocycles. The molecule has 4 nitrogen and oxygen atoms in total. The maximum Gasteiger partial charge on any atom is 0.0702 e. The maximum absolute atomic E-state index is 9.60. The summed E-state index contributed by atoms with van der Waals surface area (Å²) in [5.41, 5.74) is -0.182. The summed E-state index contributed by atoms with van der Waals surface area (Å²) in [6.45, 7) is 12.7. The molecule has 0 saturated carbocycles. The highest BCUT2D eigenvalue weighted by molar-refractivity contribution is 4.87. The van der Waals surface area contributed by atoms with E-state index in [0.717, 1.165) is 32.7 Å². The maximum atomic E-state index is 9.60. The number of aliphatic hydroxyl groups excluding tert-OH is 1. The van der Waals surface area contributed by atoms with Crippen LogP contribution in [0.5, 0.6) is 0 Å². The lowest BCUT2D eigenvalue weighted by atomic mass is 9.93. The molecule has 0 aromatic rings. The number of hydrogen-bond donors (Lipinski definition) is 2. The second kappa shape index (κ2) is 8.20. The van der Waals surface area contributed by atoms with Gasteiger partial charge in [-0.3, -0.25) is 4.90 Å². The van der Waals surface area contributed by atoms with Crippen LogP contribution in [0.2, 0.25) is 0 Å². The van der Waals surface area contributed by atoms with E-state index in [1.165, 1.54) is 12.8 Å². The lowest BCUT2D eigenvalue weighted by Crippen LogP contribution is -2.51. The average Bonchev–Trinajstić information content (AvgIpc) is 2.88. The van der Waals surface area contributed by atoms with E-state index in [2.05, 4.69) is 37.9 Å². The summed E-state index contributed by atoms with van der Waals surface area (Å²) in [6, 6.07) is 0.449. The highest BCUT2D eigenvalue weighted by Gasteiger charge is 2.28. The van der Waals surface area contributed by atoms with E-state index < -0.39 is 0 Å². The van der Waals surface area contributed by atoms with Crippen LogP contribution in [0.3, 0.4) is 0 Å². The molecule has 3 atom stereocenters. The number of nitrogens with zero attached hydrogens (tertiary/aromatic N) is 1. The first-order valence-corrected chi connectivity index (χ1v) is 7.76. The number of aliphatic hydroxyl groups is 1. The molecule has 1 aliphatic heterocycles. The zero-order chi connectivity index (χ0) is 14.3. The molecule has 19 heavy (non-hydrogen) atoms. The molecular formula is C15H32N2O2. The van der Waals surface area contributed by atoms with Gasteiger partial charge in [-0.25, -0.2) is 0 Å². The molecule has 0 amide bonds. The highest BCUT2D eigenvalue weighted by atomic mass is 16.5. The van der Waals surface area contributed by atoms with E-state index in [4.69, 9.17) is 4.74 Å². The van der Waals surface area contributed by atoms with Crippen molar-refractivity contribution in [2.24, 2.45) is 0 Å². The van der Waals surface area contributed by atoms with Gasteiger partial charge in [-0.05, 0) is 46.2 Å². The number of ether oxygens (including phenoxy) is 1. The summed E-state index contributed by atoms with van der Waals surface area (Å²) < 4.78 is 5.73. The van der Waals surface area contributed by atoms with Gasteiger partial charge in [0.05, 0.1) is 12.7 Å². The molecule has 0 bridgehead atoms. The van der Waals surface area contributed by atoms with E-state index in [-0.39, 0.29) is 12.1 Å². The Hall–Kier alpha value is -0.160. The van der Waals surface area contributed by atoms with E-state index in [1.807, 2.05) is 0 Å². The van der Waals surface area contributed by atoms with Crippen LogP contribution in [0.25, 0.3) is 0 Å². The Kier molecular flexibility index (Phi) is 7.29. The summed E-state index contributed by atoms with van der Waals surface area (Å²) in [5.74, 6) is 0. The van der Waals surface area contributed by atoms with E-state index >= 15 is 0 Å². The Morgan fingerprint density at radius 1 is 1.47 bits per heavy atom. The van der Waals surface area contributed by atoms with Crippen molar-refractivity contribution in [3.63, 3.8) is 0 Å². The second-order valence-corrected chi connectivity index (χ2v) is 6.02. The summed E-state index contributed by atoms with van der Waals surface area (Å²) in [7, 11) is 0. The van der Waals surface area contributed by atoms with Crippen LogP contribution in [0.1, 0.15) is 47.0 Å². The predicted molar refractivity (Wildman–Crippen MR) is 79.5 cm³/mol. The third-order valence-corrected chi connectivity index (χ3v) is 4.19. The van der Waals surface area contributed by atoms with Gasteiger partial charge in [-0.2, -0.15) is 0 Å².